The Labute approximate surface area is 138 Å². The van der Waals surface area contributed by atoms with Gasteiger partial charge in [0.1, 0.15) is 0 Å². The highest BCUT2D eigenvalue weighted by atomic mass is 79.9. The van der Waals surface area contributed by atoms with Crippen molar-refractivity contribution >= 4 is 31.9 Å². The van der Waals surface area contributed by atoms with Gasteiger partial charge in [0.05, 0.1) is 0 Å². The summed E-state index contributed by atoms with van der Waals surface area (Å²) >= 11 is 7.48. The van der Waals surface area contributed by atoms with Crippen LogP contribution in [0.25, 0.3) is 0 Å². The fourth-order valence-electron chi connectivity index (χ4n) is 5.29. The first-order valence-corrected chi connectivity index (χ1v) is 9.33. The third kappa shape index (κ3) is 1.89. The Morgan fingerprint density at radius 2 is 1.75 bits per heavy atom. The van der Waals surface area contributed by atoms with Crippen LogP contribution in [0.4, 0.5) is 0 Å². The number of fused-ring (bicyclic) bond motifs is 5. The van der Waals surface area contributed by atoms with E-state index in [0.717, 1.165) is 29.6 Å². The number of rotatable bonds is 3. The molecule has 2 bridgehead atoms. The SMILES string of the molecule is CNC(c1cc(Br)c(C)cc1Br)C1C2C3CCC(C3)C21. The molecule has 3 saturated carbocycles. The van der Waals surface area contributed by atoms with Crippen LogP contribution < -0.4 is 5.32 Å². The molecule has 3 heteroatoms. The minimum absolute atomic E-state index is 0.514. The second-order valence-corrected chi connectivity index (χ2v) is 8.66. The molecule has 0 radical (unpaired) electrons. The van der Waals surface area contributed by atoms with Crippen molar-refractivity contribution in [2.45, 2.75) is 32.2 Å². The van der Waals surface area contributed by atoms with Crippen molar-refractivity contribution in [3.05, 3.63) is 32.2 Å². The van der Waals surface area contributed by atoms with E-state index in [9.17, 15) is 0 Å². The fraction of sp³-hybridized carbons (Fsp3) is 0.647. The van der Waals surface area contributed by atoms with Crippen LogP contribution in [0.2, 0.25) is 0 Å². The van der Waals surface area contributed by atoms with Gasteiger partial charge in [-0.1, -0.05) is 31.9 Å². The highest BCUT2D eigenvalue weighted by Gasteiger charge is 2.66. The molecule has 0 saturated heterocycles. The van der Waals surface area contributed by atoms with E-state index < -0.39 is 0 Å². The first-order chi connectivity index (χ1) is 9.61. The minimum atomic E-state index is 0.514. The normalized spacial score (nSPS) is 38.9. The molecule has 0 aliphatic heterocycles. The van der Waals surface area contributed by atoms with E-state index in [-0.39, 0.29) is 0 Å². The van der Waals surface area contributed by atoms with Gasteiger partial charge >= 0.3 is 0 Å². The van der Waals surface area contributed by atoms with E-state index in [1.807, 2.05) is 0 Å². The lowest BCUT2D eigenvalue weighted by atomic mass is 9.92. The highest BCUT2D eigenvalue weighted by Crippen LogP contribution is 2.72. The molecule has 4 rings (SSSR count). The summed E-state index contributed by atoms with van der Waals surface area (Å²) in [6, 6.07) is 5.08. The van der Waals surface area contributed by atoms with E-state index in [1.54, 1.807) is 0 Å². The summed E-state index contributed by atoms with van der Waals surface area (Å²) in [5.41, 5.74) is 2.73. The molecule has 5 unspecified atom stereocenters. The van der Waals surface area contributed by atoms with Crippen LogP contribution in [-0.4, -0.2) is 7.05 Å². The van der Waals surface area contributed by atoms with Crippen LogP contribution in [0.5, 0.6) is 0 Å². The molecule has 1 aromatic carbocycles. The van der Waals surface area contributed by atoms with E-state index >= 15 is 0 Å². The Morgan fingerprint density at radius 3 is 2.35 bits per heavy atom. The van der Waals surface area contributed by atoms with Crippen molar-refractivity contribution in [3.63, 3.8) is 0 Å². The molecule has 108 valence electrons. The minimum Gasteiger partial charge on any atom is -0.313 e. The first kappa shape index (κ1) is 13.8. The van der Waals surface area contributed by atoms with Crippen LogP contribution in [-0.2, 0) is 0 Å². The number of hydrogen-bond acceptors (Lipinski definition) is 1. The molecule has 0 amide bonds. The van der Waals surface area contributed by atoms with E-state index in [0.29, 0.717) is 6.04 Å². The van der Waals surface area contributed by atoms with Gasteiger partial charge in [0.25, 0.3) is 0 Å². The molecule has 3 aliphatic carbocycles. The zero-order chi connectivity index (χ0) is 14.0. The van der Waals surface area contributed by atoms with Crippen LogP contribution in [0.1, 0.15) is 36.4 Å². The highest BCUT2D eigenvalue weighted by molar-refractivity contribution is 9.11. The average molecular weight is 399 g/mol. The average Bonchev–Trinajstić information content (AvgIpc) is 2.84. The standard InChI is InChI=1S/C17H21Br2N/c1-8-5-13(19)11(7-12(8)18)17(20-2)16-14-9-3-4-10(6-9)15(14)16/h5,7,9-10,14-17,20H,3-4,6H2,1-2H3. The quantitative estimate of drug-likeness (QED) is 0.749. The molecule has 0 heterocycles. The molecule has 3 aliphatic rings. The lowest BCUT2D eigenvalue weighted by molar-refractivity contribution is 0.385. The monoisotopic (exact) mass is 397 g/mol. The van der Waals surface area contributed by atoms with Gasteiger partial charge in [-0.15, -0.1) is 0 Å². The fourth-order valence-corrected chi connectivity index (χ4v) is 6.36. The molecule has 0 spiro atoms. The van der Waals surface area contributed by atoms with E-state index in [4.69, 9.17) is 0 Å². The molecule has 20 heavy (non-hydrogen) atoms. The van der Waals surface area contributed by atoms with Gasteiger partial charge < -0.3 is 5.32 Å². The Balaban J connectivity index is 1.65. The number of benzene rings is 1. The summed E-state index contributed by atoms with van der Waals surface area (Å²) in [5.74, 6) is 4.98. The zero-order valence-corrected chi connectivity index (χ0v) is 15.2. The second kappa shape index (κ2) is 4.82. The first-order valence-electron chi connectivity index (χ1n) is 7.74. The smallest absolute Gasteiger partial charge is 0.0363 e. The second-order valence-electron chi connectivity index (χ2n) is 6.95. The van der Waals surface area contributed by atoms with Crippen LogP contribution in [0.3, 0.4) is 0 Å². The lowest BCUT2D eigenvalue weighted by Gasteiger charge is -2.22. The zero-order valence-electron chi connectivity index (χ0n) is 12.0. The van der Waals surface area contributed by atoms with Crippen LogP contribution >= 0.6 is 31.9 Å². The van der Waals surface area contributed by atoms with Gasteiger partial charge in [-0.05, 0) is 86.1 Å². The maximum Gasteiger partial charge on any atom is 0.0363 e. The number of aryl methyl sites for hydroxylation is 1. The molecule has 1 N–H and O–H groups in total. The van der Waals surface area contributed by atoms with Crippen molar-refractivity contribution in [2.24, 2.45) is 29.6 Å². The van der Waals surface area contributed by atoms with Gasteiger partial charge in [-0.3, -0.25) is 0 Å². The number of halogens is 2. The van der Waals surface area contributed by atoms with Crippen molar-refractivity contribution in [1.29, 1.82) is 0 Å². The van der Waals surface area contributed by atoms with Crippen molar-refractivity contribution < 1.29 is 0 Å². The van der Waals surface area contributed by atoms with E-state index in [2.05, 4.69) is 63.3 Å². The van der Waals surface area contributed by atoms with Gasteiger partial charge in [0.2, 0.25) is 0 Å². The summed E-state index contributed by atoms with van der Waals surface area (Å²) in [6.45, 7) is 2.15. The van der Waals surface area contributed by atoms with Crippen LogP contribution in [0.15, 0.2) is 21.1 Å². The van der Waals surface area contributed by atoms with Gasteiger partial charge in [0, 0.05) is 15.0 Å². The van der Waals surface area contributed by atoms with Crippen molar-refractivity contribution in [2.75, 3.05) is 7.05 Å². The maximum atomic E-state index is 3.78. The Bertz CT molecular complexity index is 540. The molecule has 1 nitrogen and oxygen atoms in total. The van der Waals surface area contributed by atoms with Gasteiger partial charge in [0.15, 0.2) is 0 Å². The summed E-state index contributed by atoms with van der Waals surface area (Å²) in [5, 5.41) is 3.61. The third-order valence-electron chi connectivity index (χ3n) is 6.10. The Hall–Kier alpha value is 0.140. The summed E-state index contributed by atoms with van der Waals surface area (Å²) in [7, 11) is 2.13. The van der Waals surface area contributed by atoms with E-state index in [1.165, 1.54) is 39.3 Å². The molecule has 3 fully saturated rings. The molecule has 0 aromatic heterocycles. The van der Waals surface area contributed by atoms with Crippen molar-refractivity contribution in [1.82, 2.24) is 5.32 Å². The van der Waals surface area contributed by atoms with Gasteiger partial charge in [-0.25, -0.2) is 0 Å². The summed E-state index contributed by atoms with van der Waals surface area (Å²) in [4.78, 5) is 0. The van der Waals surface area contributed by atoms with Crippen LogP contribution in [0, 0.1) is 36.5 Å². The summed E-state index contributed by atoms with van der Waals surface area (Å²) in [6.07, 6.45) is 4.52. The largest absolute Gasteiger partial charge is 0.313 e. The maximum absolute atomic E-state index is 3.78. The van der Waals surface area contributed by atoms with Gasteiger partial charge in [-0.2, -0.15) is 0 Å². The summed E-state index contributed by atoms with van der Waals surface area (Å²) < 4.78 is 2.49. The molecular formula is C17H21Br2N. The molecule has 1 aromatic rings. The van der Waals surface area contributed by atoms with Crippen molar-refractivity contribution in [3.8, 4) is 0 Å². The number of hydrogen-bond donors (Lipinski definition) is 1. The topological polar surface area (TPSA) is 12.0 Å². The lowest BCUT2D eigenvalue weighted by Crippen LogP contribution is -2.22. The third-order valence-corrected chi connectivity index (χ3v) is 7.64. The molecule has 5 atom stereocenters. The predicted octanol–water partition coefficient (Wildman–Crippen LogP) is 5.07. The Kier molecular flexibility index (Phi) is 3.32. The Morgan fingerprint density at radius 1 is 1.10 bits per heavy atom. The molecular weight excluding hydrogens is 378 g/mol. The number of nitrogens with one attached hydrogen (secondary N) is 1. The predicted molar refractivity (Wildman–Crippen MR) is 89.7 cm³/mol.